The quantitative estimate of drug-likeness (QED) is 0.433. The molecule has 0 saturated carbocycles. The number of hydrogen-bond acceptors (Lipinski definition) is 5. The van der Waals surface area contributed by atoms with Gasteiger partial charge in [0.2, 0.25) is 17.7 Å². The minimum atomic E-state index is -1.20. The van der Waals surface area contributed by atoms with Crippen LogP contribution in [0.2, 0.25) is 0 Å². The van der Waals surface area contributed by atoms with Crippen LogP contribution in [0, 0.1) is 23.7 Å². The fraction of sp³-hybridized carbons (Fsp3) is 0.606. The van der Waals surface area contributed by atoms with Crippen molar-refractivity contribution in [3.63, 3.8) is 0 Å². The van der Waals surface area contributed by atoms with Gasteiger partial charge in [-0.05, 0) is 58.1 Å². The average molecular weight is 566 g/mol. The highest BCUT2D eigenvalue weighted by Gasteiger charge is 2.80. The smallest absolute Gasteiger partial charge is 0.249 e. The average Bonchev–Trinajstić information content (AvgIpc) is 3.42. The van der Waals surface area contributed by atoms with Crippen molar-refractivity contribution < 1.29 is 24.2 Å². The monoisotopic (exact) mass is 565 g/mol. The van der Waals surface area contributed by atoms with Crippen molar-refractivity contribution in [1.82, 2.24) is 9.80 Å². The fourth-order valence-electron chi connectivity index (χ4n) is 7.51. The van der Waals surface area contributed by atoms with E-state index in [-0.39, 0.29) is 42.7 Å². The maximum atomic E-state index is 14.7. The van der Waals surface area contributed by atoms with Gasteiger partial charge < -0.3 is 24.5 Å². The second kappa shape index (κ2) is 11.0. The number of carbonyl (C=O) groups is 3. The van der Waals surface area contributed by atoms with E-state index in [1.165, 1.54) is 0 Å². The summed E-state index contributed by atoms with van der Waals surface area (Å²) >= 11 is 0. The minimum Gasteiger partial charge on any atom is -0.394 e. The lowest BCUT2D eigenvalue weighted by Crippen LogP contribution is -2.62. The first-order valence-corrected chi connectivity index (χ1v) is 14.7. The van der Waals surface area contributed by atoms with Gasteiger partial charge in [-0.2, -0.15) is 0 Å². The Hall–Kier alpha value is -2.97. The number of rotatable bonds is 10. The number of nitrogens with zero attached hydrogens (tertiary/aromatic N) is 3. The summed E-state index contributed by atoms with van der Waals surface area (Å²) in [4.78, 5) is 48.9. The number of likely N-dealkylation sites (tertiary alicyclic amines) is 1. The Balaban J connectivity index is 1.91. The second-order valence-corrected chi connectivity index (χ2v) is 13.4. The van der Waals surface area contributed by atoms with E-state index >= 15 is 0 Å². The van der Waals surface area contributed by atoms with Gasteiger partial charge in [0, 0.05) is 24.3 Å². The Labute approximate surface area is 245 Å². The normalized spacial score (nSPS) is 31.2. The molecule has 3 saturated heterocycles. The Morgan fingerprint density at radius 2 is 1.76 bits per heavy atom. The molecule has 3 heterocycles. The topological polar surface area (TPSA) is 90.4 Å². The van der Waals surface area contributed by atoms with Crippen LogP contribution in [0.1, 0.15) is 54.9 Å². The highest BCUT2D eigenvalue weighted by Crippen LogP contribution is 2.66. The Morgan fingerprint density at radius 1 is 1.15 bits per heavy atom. The fourth-order valence-corrected chi connectivity index (χ4v) is 7.51. The first-order valence-electron chi connectivity index (χ1n) is 14.7. The van der Waals surface area contributed by atoms with Crippen molar-refractivity contribution in [3.8, 4) is 0 Å². The summed E-state index contributed by atoms with van der Waals surface area (Å²) in [6.45, 7) is 21.7. The molecule has 2 bridgehead atoms. The summed E-state index contributed by atoms with van der Waals surface area (Å²) in [5.74, 6) is -2.66. The molecule has 3 amide bonds. The molecule has 7 atom stereocenters. The molecule has 1 N–H and O–H groups in total. The van der Waals surface area contributed by atoms with Crippen molar-refractivity contribution in [3.05, 3.63) is 55.6 Å². The zero-order chi connectivity index (χ0) is 30.5. The molecular formula is C33H47N3O5. The molecule has 1 aromatic rings. The number of carbonyl (C=O) groups excluding carboxylic acids is 3. The minimum absolute atomic E-state index is 0.0915. The van der Waals surface area contributed by atoms with E-state index in [1.54, 1.807) is 26.9 Å². The van der Waals surface area contributed by atoms with Crippen LogP contribution in [-0.4, -0.2) is 81.1 Å². The molecule has 0 aromatic heterocycles. The molecular weight excluding hydrogens is 518 g/mol. The Bertz CT molecular complexity index is 1190. The van der Waals surface area contributed by atoms with Crippen molar-refractivity contribution in [2.75, 3.05) is 24.6 Å². The first kappa shape index (κ1) is 31.0. The van der Waals surface area contributed by atoms with E-state index in [2.05, 4.69) is 13.2 Å². The number of ether oxygens (including phenoxy) is 1. The maximum absolute atomic E-state index is 14.7. The molecule has 4 rings (SSSR count). The van der Waals surface area contributed by atoms with Crippen LogP contribution in [0.4, 0.5) is 5.69 Å². The maximum Gasteiger partial charge on any atom is 0.249 e. The van der Waals surface area contributed by atoms with Gasteiger partial charge >= 0.3 is 0 Å². The summed E-state index contributed by atoms with van der Waals surface area (Å²) in [5, 5.41) is 10.5. The predicted molar refractivity (Wildman–Crippen MR) is 160 cm³/mol. The molecule has 41 heavy (non-hydrogen) atoms. The number of aliphatic hydroxyl groups excluding tert-OH is 1. The second-order valence-electron chi connectivity index (χ2n) is 13.4. The molecule has 224 valence electrons. The summed E-state index contributed by atoms with van der Waals surface area (Å²) in [7, 11) is 0. The van der Waals surface area contributed by atoms with Crippen LogP contribution >= 0.6 is 0 Å². The van der Waals surface area contributed by atoms with Gasteiger partial charge in [0.1, 0.15) is 11.6 Å². The van der Waals surface area contributed by atoms with E-state index in [9.17, 15) is 19.5 Å². The van der Waals surface area contributed by atoms with Crippen LogP contribution in [0.15, 0.2) is 55.6 Å². The lowest BCUT2D eigenvalue weighted by Gasteiger charge is -2.44. The summed E-state index contributed by atoms with van der Waals surface area (Å²) in [5.41, 5.74) is -2.00. The summed E-state index contributed by atoms with van der Waals surface area (Å²) < 4.78 is 6.94. The Morgan fingerprint density at radius 3 is 2.27 bits per heavy atom. The van der Waals surface area contributed by atoms with Gasteiger partial charge in [0.15, 0.2) is 0 Å². The number of aliphatic hydroxyl groups is 1. The third kappa shape index (κ3) is 4.73. The lowest BCUT2D eigenvalue weighted by atomic mass is 9.62. The van der Waals surface area contributed by atoms with Gasteiger partial charge in [-0.15, -0.1) is 13.2 Å². The molecule has 3 fully saturated rings. The van der Waals surface area contributed by atoms with Gasteiger partial charge in [-0.1, -0.05) is 51.1 Å². The molecule has 0 aliphatic carbocycles. The highest BCUT2D eigenvalue weighted by molar-refractivity contribution is 6.03. The lowest BCUT2D eigenvalue weighted by molar-refractivity contribution is -0.159. The SMILES string of the molecule is C=CCN(C(=O)[C@@H]1[C@H]2C(=O)N([C@@H](CO)C(C)C)C(C(=O)N(CC=C)C(C)(C)C)C23CC(C)[C@@]1(C)O3)c1ccccc1. The van der Waals surface area contributed by atoms with Crippen molar-refractivity contribution in [1.29, 1.82) is 0 Å². The summed E-state index contributed by atoms with van der Waals surface area (Å²) in [6.07, 6.45) is 3.82. The number of para-hydroxylation sites is 1. The third-order valence-corrected chi connectivity index (χ3v) is 9.60. The largest absolute Gasteiger partial charge is 0.394 e. The Kier molecular flexibility index (Phi) is 8.33. The third-order valence-electron chi connectivity index (χ3n) is 9.60. The molecule has 3 unspecified atom stereocenters. The van der Waals surface area contributed by atoms with Crippen molar-refractivity contribution in [2.24, 2.45) is 23.7 Å². The molecule has 3 aliphatic rings. The number of fused-ring (bicyclic) bond motifs is 1. The van der Waals surface area contributed by atoms with Crippen LogP contribution in [0.5, 0.6) is 0 Å². The molecule has 1 spiro atoms. The summed E-state index contributed by atoms with van der Waals surface area (Å²) in [6, 6.07) is 7.76. The number of amides is 3. The van der Waals surface area contributed by atoms with E-state index in [0.717, 1.165) is 0 Å². The van der Waals surface area contributed by atoms with Crippen LogP contribution in [0.3, 0.4) is 0 Å². The van der Waals surface area contributed by atoms with Crippen LogP contribution in [-0.2, 0) is 19.1 Å². The van der Waals surface area contributed by atoms with Crippen LogP contribution in [0.25, 0.3) is 0 Å². The zero-order valence-corrected chi connectivity index (χ0v) is 25.7. The standard InChI is InChI=1S/C33H47N3O5/c1-10-17-34(23-15-13-12-14-16-23)28(38)25-26-29(39)36(24(20-37)21(3)4)27(30(40)35(18-11-2)31(6,7)8)33(26)19-22(5)32(25,9)41-33/h10-16,21-22,24-27,37H,1-2,17-20H2,3-9H3/t22?,24-,25-,26-,27?,32+,33?/m0/s1. The van der Waals surface area contributed by atoms with Gasteiger partial charge in [-0.3, -0.25) is 14.4 Å². The van der Waals surface area contributed by atoms with E-state index < -0.39 is 40.7 Å². The van der Waals surface area contributed by atoms with Crippen molar-refractivity contribution >= 4 is 23.4 Å². The number of hydrogen-bond donors (Lipinski definition) is 1. The first-order chi connectivity index (χ1) is 19.2. The van der Waals surface area contributed by atoms with Gasteiger partial charge in [0.05, 0.1) is 30.1 Å². The number of anilines is 1. The molecule has 0 radical (unpaired) electrons. The van der Waals surface area contributed by atoms with Crippen molar-refractivity contribution in [2.45, 2.75) is 83.7 Å². The van der Waals surface area contributed by atoms with E-state index in [0.29, 0.717) is 18.7 Å². The van der Waals surface area contributed by atoms with E-state index in [4.69, 9.17) is 4.74 Å². The van der Waals surface area contributed by atoms with Gasteiger partial charge in [-0.25, -0.2) is 0 Å². The molecule has 8 heteroatoms. The van der Waals surface area contributed by atoms with E-state index in [1.807, 2.05) is 78.8 Å². The predicted octanol–water partition coefficient (Wildman–Crippen LogP) is 4.05. The molecule has 1 aromatic carbocycles. The highest BCUT2D eigenvalue weighted by atomic mass is 16.5. The van der Waals surface area contributed by atoms with Crippen LogP contribution < -0.4 is 4.90 Å². The number of benzene rings is 1. The zero-order valence-electron chi connectivity index (χ0n) is 25.7. The molecule has 3 aliphatic heterocycles. The molecule has 8 nitrogen and oxygen atoms in total. The van der Waals surface area contributed by atoms with Gasteiger partial charge in [0.25, 0.3) is 0 Å².